The third-order valence-electron chi connectivity index (χ3n) is 3.65. The largest absolute Gasteiger partial charge is 0.439 e. The first kappa shape index (κ1) is 15.5. The summed E-state index contributed by atoms with van der Waals surface area (Å²) in [6, 6.07) is 12.6. The molecule has 0 radical (unpaired) electrons. The molecular formula is C18H20N2O3. The molecule has 1 amide bonds. The molecule has 2 atom stereocenters. The fourth-order valence-electron chi connectivity index (χ4n) is 2.75. The average Bonchev–Trinajstić information content (AvgIpc) is 2.54. The minimum absolute atomic E-state index is 0.00142. The Balaban J connectivity index is 1.75. The molecule has 3 rings (SSSR count). The van der Waals surface area contributed by atoms with Gasteiger partial charge in [0.2, 0.25) is 5.88 Å². The molecule has 1 aromatic carbocycles. The summed E-state index contributed by atoms with van der Waals surface area (Å²) in [6.45, 7) is 5.18. The molecular weight excluding hydrogens is 292 g/mol. The zero-order valence-corrected chi connectivity index (χ0v) is 13.3. The molecule has 0 N–H and O–H groups in total. The Morgan fingerprint density at radius 3 is 2.65 bits per heavy atom. The zero-order chi connectivity index (χ0) is 16.2. The van der Waals surface area contributed by atoms with Crippen molar-refractivity contribution in [3.05, 3.63) is 54.2 Å². The van der Waals surface area contributed by atoms with Crippen LogP contribution in [0.15, 0.2) is 48.7 Å². The van der Waals surface area contributed by atoms with Gasteiger partial charge in [-0.25, -0.2) is 4.98 Å². The Bertz CT molecular complexity index is 665. The summed E-state index contributed by atoms with van der Waals surface area (Å²) in [6.07, 6.45) is 1.77. The molecule has 0 bridgehead atoms. The number of morpholine rings is 1. The molecule has 1 aromatic heterocycles. The predicted octanol–water partition coefficient (Wildman–Crippen LogP) is 3.12. The topological polar surface area (TPSA) is 51.7 Å². The number of pyridine rings is 1. The Kier molecular flexibility index (Phi) is 4.57. The van der Waals surface area contributed by atoms with Crippen molar-refractivity contribution in [1.29, 1.82) is 0 Å². The number of carbonyl (C=O) groups excluding carboxylic acids is 1. The van der Waals surface area contributed by atoms with Crippen LogP contribution in [-0.2, 0) is 4.74 Å². The predicted molar refractivity (Wildman–Crippen MR) is 86.7 cm³/mol. The fraction of sp³-hybridized carbons (Fsp3) is 0.333. The van der Waals surface area contributed by atoms with Gasteiger partial charge in [0.15, 0.2) is 0 Å². The van der Waals surface area contributed by atoms with Crippen LogP contribution in [0.4, 0.5) is 0 Å². The van der Waals surface area contributed by atoms with Crippen molar-refractivity contribution in [3.8, 4) is 11.6 Å². The summed E-state index contributed by atoms with van der Waals surface area (Å²) in [5, 5.41) is 0. The summed E-state index contributed by atoms with van der Waals surface area (Å²) in [5.74, 6) is 1.10. The van der Waals surface area contributed by atoms with Gasteiger partial charge in [0.25, 0.3) is 5.91 Å². The van der Waals surface area contributed by atoms with Crippen LogP contribution < -0.4 is 4.74 Å². The van der Waals surface area contributed by atoms with Crippen molar-refractivity contribution in [2.45, 2.75) is 26.1 Å². The van der Waals surface area contributed by atoms with Crippen molar-refractivity contribution in [2.24, 2.45) is 0 Å². The molecule has 0 saturated carbocycles. The van der Waals surface area contributed by atoms with Crippen molar-refractivity contribution in [1.82, 2.24) is 9.88 Å². The highest BCUT2D eigenvalue weighted by molar-refractivity contribution is 5.94. The smallest absolute Gasteiger partial charge is 0.254 e. The molecule has 2 unspecified atom stereocenters. The Morgan fingerprint density at radius 1 is 1.17 bits per heavy atom. The number of hydrogen-bond donors (Lipinski definition) is 0. The maximum atomic E-state index is 12.7. The lowest BCUT2D eigenvalue weighted by Gasteiger charge is -2.35. The number of hydrogen-bond acceptors (Lipinski definition) is 4. The molecule has 0 aliphatic carbocycles. The lowest BCUT2D eigenvalue weighted by molar-refractivity contribution is -0.0586. The second kappa shape index (κ2) is 6.79. The first-order valence-corrected chi connectivity index (χ1v) is 7.75. The van der Waals surface area contributed by atoms with E-state index in [0.29, 0.717) is 30.3 Å². The van der Waals surface area contributed by atoms with Gasteiger partial charge >= 0.3 is 0 Å². The maximum absolute atomic E-state index is 12.7. The second-order valence-electron chi connectivity index (χ2n) is 5.77. The van der Waals surface area contributed by atoms with Gasteiger partial charge in [0.1, 0.15) is 5.75 Å². The van der Waals surface area contributed by atoms with Crippen molar-refractivity contribution >= 4 is 5.91 Å². The number of nitrogens with zero attached hydrogens (tertiary/aromatic N) is 2. The summed E-state index contributed by atoms with van der Waals surface area (Å²) < 4.78 is 11.4. The van der Waals surface area contributed by atoms with Crippen LogP contribution in [0.25, 0.3) is 0 Å². The lowest BCUT2D eigenvalue weighted by Crippen LogP contribution is -2.48. The highest BCUT2D eigenvalue weighted by Crippen LogP contribution is 2.22. The van der Waals surface area contributed by atoms with E-state index in [1.54, 1.807) is 24.4 Å². The molecule has 5 heteroatoms. The minimum Gasteiger partial charge on any atom is -0.439 e. The zero-order valence-electron chi connectivity index (χ0n) is 13.3. The van der Waals surface area contributed by atoms with Crippen LogP contribution in [0.1, 0.15) is 24.2 Å². The van der Waals surface area contributed by atoms with E-state index >= 15 is 0 Å². The van der Waals surface area contributed by atoms with E-state index in [1.165, 1.54) is 0 Å². The lowest BCUT2D eigenvalue weighted by atomic mass is 10.1. The van der Waals surface area contributed by atoms with E-state index in [0.717, 1.165) is 0 Å². The van der Waals surface area contributed by atoms with Gasteiger partial charge in [-0.3, -0.25) is 4.79 Å². The van der Waals surface area contributed by atoms with E-state index in [1.807, 2.05) is 43.0 Å². The highest BCUT2D eigenvalue weighted by Gasteiger charge is 2.26. The Hall–Kier alpha value is -2.40. The molecule has 1 fully saturated rings. The molecule has 0 spiro atoms. The molecule has 1 aliphatic rings. The first-order valence-electron chi connectivity index (χ1n) is 7.75. The van der Waals surface area contributed by atoms with E-state index in [2.05, 4.69) is 4.98 Å². The highest BCUT2D eigenvalue weighted by atomic mass is 16.5. The third kappa shape index (κ3) is 3.87. The second-order valence-corrected chi connectivity index (χ2v) is 5.77. The molecule has 1 aliphatic heterocycles. The van der Waals surface area contributed by atoms with Gasteiger partial charge in [-0.1, -0.05) is 12.1 Å². The van der Waals surface area contributed by atoms with Gasteiger partial charge in [-0.2, -0.15) is 0 Å². The Labute approximate surface area is 135 Å². The minimum atomic E-state index is -0.00142. The first-order chi connectivity index (χ1) is 11.1. The SMILES string of the molecule is CC1CN(C(=O)c2cccc(Oc3ccccn3)c2)CC(C)O1. The van der Waals surface area contributed by atoms with Crippen LogP contribution in [-0.4, -0.2) is 41.1 Å². The quantitative estimate of drug-likeness (QED) is 0.874. The molecule has 120 valence electrons. The van der Waals surface area contributed by atoms with Crippen LogP contribution in [0, 0.1) is 0 Å². The molecule has 2 heterocycles. The third-order valence-corrected chi connectivity index (χ3v) is 3.65. The average molecular weight is 312 g/mol. The summed E-state index contributed by atoms with van der Waals surface area (Å²) in [4.78, 5) is 18.7. The van der Waals surface area contributed by atoms with Gasteiger partial charge in [0, 0.05) is 30.9 Å². The number of rotatable bonds is 3. The molecule has 23 heavy (non-hydrogen) atoms. The monoisotopic (exact) mass is 312 g/mol. The van der Waals surface area contributed by atoms with Gasteiger partial charge in [-0.15, -0.1) is 0 Å². The van der Waals surface area contributed by atoms with E-state index in [4.69, 9.17) is 9.47 Å². The standard InChI is InChI=1S/C18H20N2O3/c1-13-11-20(12-14(2)22-13)18(21)15-6-5-7-16(10-15)23-17-8-3-4-9-19-17/h3-10,13-14H,11-12H2,1-2H3. The van der Waals surface area contributed by atoms with Crippen molar-refractivity contribution < 1.29 is 14.3 Å². The van der Waals surface area contributed by atoms with Crippen LogP contribution in [0.2, 0.25) is 0 Å². The summed E-state index contributed by atoms with van der Waals surface area (Å²) >= 11 is 0. The number of benzene rings is 1. The van der Waals surface area contributed by atoms with Gasteiger partial charge in [0.05, 0.1) is 12.2 Å². The van der Waals surface area contributed by atoms with Crippen molar-refractivity contribution in [3.63, 3.8) is 0 Å². The number of carbonyl (C=O) groups is 1. The van der Waals surface area contributed by atoms with Crippen LogP contribution in [0.5, 0.6) is 11.6 Å². The van der Waals surface area contributed by atoms with E-state index < -0.39 is 0 Å². The number of aromatic nitrogens is 1. The van der Waals surface area contributed by atoms with E-state index in [9.17, 15) is 4.79 Å². The summed E-state index contributed by atoms with van der Waals surface area (Å²) in [5.41, 5.74) is 0.611. The molecule has 1 saturated heterocycles. The van der Waals surface area contributed by atoms with Crippen LogP contribution in [0.3, 0.4) is 0 Å². The molecule has 2 aromatic rings. The normalized spacial score (nSPS) is 21.0. The fourth-order valence-corrected chi connectivity index (χ4v) is 2.75. The Morgan fingerprint density at radius 2 is 1.96 bits per heavy atom. The van der Waals surface area contributed by atoms with Gasteiger partial charge < -0.3 is 14.4 Å². The molecule has 5 nitrogen and oxygen atoms in total. The number of ether oxygens (including phenoxy) is 2. The van der Waals surface area contributed by atoms with Crippen molar-refractivity contribution in [2.75, 3.05) is 13.1 Å². The number of amides is 1. The van der Waals surface area contributed by atoms with Crippen LogP contribution >= 0.6 is 0 Å². The van der Waals surface area contributed by atoms with E-state index in [-0.39, 0.29) is 18.1 Å². The maximum Gasteiger partial charge on any atom is 0.254 e. The van der Waals surface area contributed by atoms with Gasteiger partial charge in [-0.05, 0) is 38.1 Å². The summed E-state index contributed by atoms with van der Waals surface area (Å²) in [7, 11) is 0.